The third kappa shape index (κ3) is 7.09. The van der Waals surface area contributed by atoms with Crippen molar-refractivity contribution in [3.05, 3.63) is 70.8 Å². The van der Waals surface area contributed by atoms with E-state index in [-0.39, 0.29) is 35.9 Å². The van der Waals surface area contributed by atoms with Gasteiger partial charge in [0, 0.05) is 0 Å². The summed E-state index contributed by atoms with van der Waals surface area (Å²) in [6.07, 6.45) is 0. The fourth-order valence-electron chi connectivity index (χ4n) is 1.21. The Morgan fingerprint density at radius 3 is 1.22 bits per heavy atom. The molecule has 0 nitrogen and oxygen atoms in total. The predicted molar refractivity (Wildman–Crippen MR) is 69.5 cm³/mol. The molecule has 0 unspecified atom stereocenters. The molecular formula is C16H18CuLi+. The van der Waals surface area contributed by atoms with E-state index >= 15 is 0 Å². The zero-order valence-corrected chi connectivity index (χ0v) is 12.7. The maximum absolute atomic E-state index is 3.10. The molecule has 0 heterocycles. The first-order valence-electron chi connectivity index (χ1n) is 5.49. The van der Waals surface area contributed by atoms with Gasteiger partial charge in [-0.1, -0.05) is 27.7 Å². The molecule has 0 atom stereocenters. The van der Waals surface area contributed by atoms with Gasteiger partial charge in [0.15, 0.2) is 0 Å². The summed E-state index contributed by atoms with van der Waals surface area (Å²) in [4.78, 5) is 0. The van der Waals surface area contributed by atoms with E-state index in [1.807, 2.05) is 24.3 Å². The quantitative estimate of drug-likeness (QED) is 0.503. The molecule has 2 aromatic carbocycles. The molecule has 93 valence electrons. The summed E-state index contributed by atoms with van der Waals surface area (Å²) in [6.45, 7) is 8.31. The second-order valence-corrected chi connectivity index (χ2v) is 3.96. The molecule has 2 heteroatoms. The van der Waals surface area contributed by atoms with E-state index in [2.05, 4.69) is 52.0 Å². The minimum absolute atomic E-state index is 0. The average molecular weight is 281 g/mol. The van der Waals surface area contributed by atoms with E-state index < -0.39 is 0 Å². The molecule has 18 heavy (non-hydrogen) atoms. The van der Waals surface area contributed by atoms with Gasteiger partial charge in [0.25, 0.3) is 0 Å². The summed E-state index contributed by atoms with van der Waals surface area (Å²) >= 11 is 0. The SMILES string of the molecule is Cc1[c-]cccc1C.Cc1[c-]cccc1C.[Cu+2].[Li+]. The number of hydrogen-bond acceptors (Lipinski definition) is 0. The van der Waals surface area contributed by atoms with Crippen LogP contribution in [0.15, 0.2) is 36.4 Å². The second-order valence-electron chi connectivity index (χ2n) is 3.96. The molecule has 0 aliphatic heterocycles. The van der Waals surface area contributed by atoms with Crippen LogP contribution in [0.4, 0.5) is 0 Å². The van der Waals surface area contributed by atoms with Crippen LogP contribution in [0.5, 0.6) is 0 Å². The Morgan fingerprint density at radius 2 is 1.06 bits per heavy atom. The fraction of sp³-hybridized carbons (Fsp3) is 0.250. The molecular weight excluding hydrogens is 263 g/mol. The third-order valence-electron chi connectivity index (χ3n) is 2.67. The molecule has 0 amide bonds. The maximum Gasteiger partial charge on any atom is 2.00 e. The third-order valence-corrected chi connectivity index (χ3v) is 2.67. The van der Waals surface area contributed by atoms with Crippen LogP contribution in [0.1, 0.15) is 22.3 Å². The smallest absolute Gasteiger partial charge is 0.180 e. The normalized spacial score (nSPS) is 8.22. The van der Waals surface area contributed by atoms with Crippen LogP contribution in [0.25, 0.3) is 0 Å². The number of rotatable bonds is 0. The van der Waals surface area contributed by atoms with Gasteiger partial charge < -0.3 is 0 Å². The minimum Gasteiger partial charge on any atom is -0.180 e. The van der Waals surface area contributed by atoms with E-state index in [0.717, 1.165) is 0 Å². The average Bonchev–Trinajstić information content (AvgIpc) is 2.28. The van der Waals surface area contributed by atoms with E-state index in [1.165, 1.54) is 22.3 Å². The van der Waals surface area contributed by atoms with Crippen molar-refractivity contribution in [3.8, 4) is 0 Å². The summed E-state index contributed by atoms with van der Waals surface area (Å²) in [5.74, 6) is 0. The molecule has 0 aliphatic rings. The largest absolute Gasteiger partial charge is 2.00 e. The fourth-order valence-corrected chi connectivity index (χ4v) is 1.21. The van der Waals surface area contributed by atoms with Gasteiger partial charge in [-0.2, -0.15) is 70.8 Å². The molecule has 1 radical (unpaired) electrons. The Bertz CT molecular complexity index is 367. The molecule has 0 N–H and O–H groups in total. The summed E-state index contributed by atoms with van der Waals surface area (Å²) < 4.78 is 0. The Morgan fingerprint density at radius 1 is 0.722 bits per heavy atom. The second kappa shape index (κ2) is 10.5. The van der Waals surface area contributed by atoms with Gasteiger partial charge >= 0.3 is 35.9 Å². The van der Waals surface area contributed by atoms with Crippen molar-refractivity contribution in [3.63, 3.8) is 0 Å². The van der Waals surface area contributed by atoms with E-state index in [4.69, 9.17) is 0 Å². The van der Waals surface area contributed by atoms with E-state index in [0.29, 0.717) is 0 Å². The Hall–Kier alpha value is -0.443. The van der Waals surface area contributed by atoms with Crippen LogP contribution < -0.4 is 18.9 Å². The zero-order valence-electron chi connectivity index (χ0n) is 11.8. The van der Waals surface area contributed by atoms with Crippen molar-refractivity contribution in [2.24, 2.45) is 0 Å². The van der Waals surface area contributed by atoms with Gasteiger partial charge in [0.05, 0.1) is 0 Å². The summed E-state index contributed by atoms with van der Waals surface area (Å²) in [7, 11) is 0. The standard InChI is InChI=1S/2C8H9.Cu.Li/c2*1-7-5-3-4-6-8(7)2;;/h2*3-5H,1-2H3;;/q2*-1;+2;+1. The Balaban J connectivity index is 0. The van der Waals surface area contributed by atoms with Crippen LogP contribution in [0.3, 0.4) is 0 Å². The molecule has 0 bridgehead atoms. The van der Waals surface area contributed by atoms with Crippen LogP contribution >= 0.6 is 0 Å². The molecule has 0 saturated heterocycles. The van der Waals surface area contributed by atoms with Gasteiger partial charge in [0.1, 0.15) is 0 Å². The monoisotopic (exact) mass is 280 g/mol. The van der Waals surface area contributed by atoms with Crippen molar-refractivity contribution in [1.82, 2.24) is 0 Å². The van der Waals surface area contributed by atoms with E-state index in [9.17, 15) is 0 Å². The summed E-state index contributed by atoms with van der Waals surface area (Å²) in [6, 6.07) is 18.2. The summed E-state index contributed by atoms with van der Waals surface area (Å²) in [5.41, 5.74) is 5.11. The van der Waals surface area contributed by atoms with Crippen LogP contribution in [0.2, 0.25) is 0 Å². The van der Waals surface area contributed by atoms with Crippen molar-refractivity contribution >= 4 is 0 Å². The molecule has 0 spiro atoms. The van der Waals surface area contributed by atoms with E-state index in [1.54, 1.807) is 0 Å². The first-order valence-corrected chi connectivity index (χ1v) is 5.49. The van der Waals surface area contributed by atoms with Crippen LogP contribution in [-0.4, -0.2) is 0 Å². The van der Waals surface area contributed by atoms with Gasteiger partial charge in [-0.15, -0.1) is 0 Å². The molecule has 0 saturated carbocycles. The van der Waals surface area contributed by atoms with Gasteiger partial charge in [0.2, 0.25) is 0 Å². The van der Waals surface area contributed by atoms with Crippen molar-refractivity contribution in [2.75, 3.05) is 0 Å². The van der Waals surface area contributed by atoms with Crippen molar-refractivity contribution in [2.45, 2.75) is 27.7 Å². The molecule has 2 rings (SSSR count). The van der Waals surface area contributed by atoms with Gasteiger partial charge in [-0.3, -0.25) is 0 Å². The number of benzene rings is 2. The van der Waals surface area contributed by atoms with Crippen LogP contribution in [0, 0.1) is 39.8 Å². The topological polar surface area (TPSA) is 0 Å². The van der Waals surface area contributed by atoms with Crippen LogP contribution in [-0.2, 0) is 17.1 Å². The Kier molecular flexibility index (Phi) is 11.6. The summed E-state index contributed by atoms with van der Waals surface area (Å²) in [5, 5.41) is 0. The van der Waals surface area contributed by atoms with Crippen molar-refractivity contribution < 1.29 is 35.9 Å². The minimum atomic E-state index is 0. The molecule has 0 aromatic heterocycles. The molecule has 0 fully saturated rings. The van der Waals surface area contributed by atoms with Crippen molar-refractivity contribution in [1.29, 1.82) is 0 Å². The van der Waals surface area contributed by atoms with Gasteiger partial charge in [-0.25, -0.2) is 0 Å². The first kappa shape index (κ1) is 19.9. The predicted octanol–water partition coefficient (Wildman–Crippen LogP) is 1.21. The zero-order chi connectivity index (χ0) is 12.0. The molecule has 2 aromatic rings. The molecule has 0 aliphatic carbocycles. The first-order chi connectivity index (χ1) is 7.61. The maximum atomic E-state index is 3.10. The van der Waals surface area contributed by atoms with Gasteiger partial charge in [-0.05, 0) is 0 Å². The Labute approximate surface area is 134 Å². The number of aryl methyl sites for hydroxylation is 4. The number of hydrogen-bond donors (Lipinski definition) is 0.